The molecule has 48 heavy (non-hydrogen) atoms. The maximum atomic E-state index is 14.0. The van der Waals surface area contributed by atoms with Crippen molar-refractivity contribution in [3.8, 4) is 11.5 Å². The topological polar surface area (TPSA) is 121 Å². The lowest BCUT2D eigenvalue weighted by molar-refractivity contribution is -0.132. The molecular weight excluding hydrogens is 634 g/mol. The number of piperazine rings is 2. The quantitative estimate of drug-likeness (QED) is 0.361. The molecule has 0 aliphatic carbocycles. The molecule has 0 radical (unpaired) electrons. The van der Waals surface area contributed by atoms with Crippen molar-refractivity contribution in [1.29, 1.82) is 0 Å². The van der Waals surface area contributed by atoms with E-state index in [1.165, 1.54) is 48.4 Å². The van der Waals surface area contributed by atoms with Crippen LogP contribution in [0.3, 0.4) is 0 Å². The molecule has 2 aliphatic heterocycles. The number of hydrogen-bond donors (Lipinski definition) is 1. The van der Waals surface area contributed by atoms with E-state index >= 15 is 0 Å². The monoisotopic (exact) mass is 679 g/mol. The van der Waals surface area contributed by atoms with Crippen molar-refractivity contribution in [3.05, 3.63) is 90.0 Å². The molecule has 2 aliphatic rings. The first-order valence-corrected chi connectivity index (χ1v) is 17.5. The zero-order valence-corrected chi connectivity index (χ0v) is 29.0. The third-order valence-electron chi connectivity index (χ3n) is 8.43. The van der Waals surface area contributed by atoms with Crippen molar-refractivity contribution < 1.29 is 32.2 Å². The lowest BCUT2D eigenvalue weighted by Crippen LogP contribution is -2.64. The zero-order valence-electron chi connectivity index (χ0n) is 28.2. The highest BCUT2D eigenvalue weighted by molar-refractivity contribution is 7.89. The van der Waals surface area contributed by atoms with E-state index in [-0.39, 0.29) is 36.3 Å². The molecule has 12 nitrogen and oxygen atoms in total. The summed E-state index contributed by atoms with van der Waals surface area (Å²) in [7, 11) is -1.30. The number of ether oxygens (including phenoxy) is 3. The van der Waals surface area contributed by atoms with Crippen LogP contribution in [0.5, 0.6) is 11.5 Å². The van der Waals surface area contributed by atoms with E-state index in [0.29, 0.717) is 31.9 Å². The molecule has 0 aromatic heterocycles. The minimum Gasteiger partial charge on any atom is -0.493 e. The minimum atomic E-state index is -4.19. The maximum Gasteiger partial charge on any atom is 0.410 e. The predicted molar refractivity (Wildman–Crippen MR) is 181 cm³/mol. The first kappa shape index (κ1) is 35.1. The van der Waals surface area contributed by atoms with Gasteiger partial charge in [0, 0.05) is 51.9 Å². The number of carbonyl (C=O) groups excluding carboxylic acids is 2. The standard InChI is InChI=1S/C35H45N5O7S/c1-35(2,3)47-34(42)38-20-23-40(48(43,44)28-16-17-30(45-4)31(24-28)46-5)29(25-38)33(41)36-39-21-18-37(19-22-39)32(26-12-8-6-9-13-26)27-14-10-7-11-15-27/h6-17,24,29,32H,18-23,25H2,1-5H3,(H,36,41). The van der Waals surface area contributed by atoms with Gasteiger partial charge in [-0.1, -0.05) is 60.7 Å². The van der Waals surface area contributed by atoms with Gasteiger partial charge in [0.1, 0.15) is 11.6 Å². The molecule has 2 amide bonds. The second-order valence-corrected chi connectivity index (χ2v) is 14.7. The first-order valence-electron chi connectivity index (χ1n) is 16.0. The van der Waals surface area contributed by atoms with Crippen LogP contribution in [0.4, 0.5) is 4.79 Å². The predicted octanol–water partition coefficient (Wildman–Crippen LogP) is 3.75. The van der Waals surface area contributed by atoms with Crippen molar-refractivity contribution in [2.45, 2.75) is 43.4 Å². The molecule has 3 aromatic rings. The van der Waals surface area contributed by atoms with Crippen molar-refractivity contribution in [1.82, 2.24) is 24.5 Å². The van der Waals surface area contributed by atoms with Gasteiger partial charge >= 0.3 is 6.09 Å². The van der Waals surface area contributed by atoms with Crippen molar-refractivity contribution in [2.24, 2.45) is 0 Å². The third kappa shape index (κ3) is 8.09. The van der Waals surface area contributed by atoms with Crippen molar-refractivity contribution in [2.75, 3.05) is 60.0 Å². The number of rotatable bonds is 9. The number of sulfonamides is 1. The van der Waals surface area contributed by atoms with Crippen molar-refractivity contribution in [3.63, 3.8) is 0 Å². The summed E-state index contributed by atoms with van der Waals surface area (Å²) in [5.74, 6) is 0.0963. The van der Waals surface area contributed by atoms with Gasteiger partial charge in [0.25, 0.3) is 5.91 Å². The van der Waals surface area contributed by atoms with E-state index in [1.54, 1.807) is 20.8 Å². The number of hydrogen-bond acceptors (Lipinski definition) is 9. The van der Waals surface area contributed by atoms with Crippen LogP contribution in [0, 0.1) is 0 Å². The van der Waals surface area contributed by atoms with Gasteiger partial charge in [0.05, 0.1) is 25.2 Å². The largest absolute Gasteiger partial charge is 0.493 e. The Morgan fingerprint density at radius 3 is 1.92 bits per heavy atom. The highest BCUT2D eigenvalue weighted by Crippen LogP contribution is 2.33. The Labute approximate surface area is 283 Å². The Balaban J connectivity index is 1.34. The van der Waals surface area contributed by atoms with E-state index in [2.05, 4.69) is 34.6 Å². The van der Waals surface area contributed by atoms with E-state index < -0.39 is 33.7 Å². The van der Waals surface area contributed by atoms with Gasteiger partial charge in [0.15, 0.2) is 11.5 Å². The average Bonchev–Trinajstić information content (AvgIpc) is 3.08. The van der Waals surface area contributed by atoms with E-state index in [9.17, 15) is 18.0 Å². The Kier molecular flexibility index (Phi) is 10.9. The number of hydrazine groups is 1. The number of benzene rings is 3. The number of nitrogens with one attached hydrogen (secondary N) is 1. The number of methoxy groups -OCH3 is 2. The molecule has 2 heterocycles. The summed E-state index contributed by atoms with van der Waals surface area (Å²) < 4.78 is 45.4. The molecule has 13 heteroatoms. The zero-order chi connectivity index (χ0) is 34.5. The molecule has 0 saturated carbocycles. The fourth-order valence-electron chi connectivity index (χ4n) is 6.08. The molecule has 0 spiro atoms. The van der Waals surface area contributed by atoms with E-state index in [1.807, 2.05) is 41.4 Å². The van der Waals surface area contributed by atoms with Crippen LogP contribution in [0.25, 0.3) is 0 Å². The Bertz CT molecular complexity index is 1620. The third-order valence-corrected chi connectivity index (χ3v) is 10.3. The number of amides is 2. The molecule has 1 unspecified atom stereocenters. The highest BCUT2D eigenvalue weighted by Gasteiger charge is 2.43. The Hall–Kier alpha value is -4.17. The molecule has 5 rings (SSSR count). The molecule has 3 aromatic carbocycles. The molecule has 0 bridgehead atoms. The van der Waals surface area contributed by atoms with Crippen LogP contribution in [0.1, 0.15) is 37.9 Å². The second kappa shape index (κ2) is 14.9. The summed E-state index contributed by atoms with van der Waals surface area (Å²) in [6, 6.07) is 23.8. The average molecular weight is 680 g/mol. The summed E-state index contributed by atoms with van der Waals surface area (Å²) in [6.07, 6.45) is -0.607. The summed E-state index contributed by atoms with van der Waals surface area (Å²) in [4.78, 5) is 30.8. The second-order valence-electron chi connectivity index (χ2n) is 12.8. The van der Waals surface area contributed by atoms with Gasteiger partial charge in [-0.2, -0.15) is 4.31 Å². The molecule has 2 fully saturated rings. The summed E-state index contributed by atoms with van der Waals surface area (Å²) in [5, 5.41) is 1.82. The van der Waals surface area contributed by atoms with Crippen LogP contribution < -0.4 is 14.9 Å². The van der Waals surface area contributed by atoms with Crippen LogP contribution in [0.15, 0.2) is 83.8 Å². The minimum absolute atomic E-state index is 0.0492. The number of carbonyl (C=O) groups is 2. The van der Waals surface area contributed by atoms with Crippen molar-refractivity contribution >= 4 is 22.0 Å². The van der Waals surface area contributed by atoms with Crippen LogP contribution >= 0.6 is 0 Å². The normalized spacial score (nSPS) is 18.4. The SMILES string of the molecule is COc1ccc(S(=O)(=O)N2CCN(C(=O)OC(C)(C)C)CC2C(=O)NN2CCN(C(c3ccccc3)c3ccccc3)CC2)cc1OC. The van der Waals surface area contributed by atoms with Gasteiger partial charge < -0.3 is 19.1 Å². The molecule has 2 saturated heterocycles. The van der Waals surface area contributed by atoms with Crippen LogP contribution in [-0.4, -0.2) is 111 Å². The fraction of sp³-hybridized carbons (Fsp3) is 0.429. The molecule has 258 valence electrons. The lowest BCUT2D eigenvalue weighted by atomic mass is 9.96. The smallest absolute Gasteiger partial charge is 0.410 e. The molecular formula is C35H45N5O7S. The lowest BCUT2D eigenvalue weighted by Gasteiger charge is -2.42. The van der Waals surface area contributed by atoms with Crippen LogP contribution in [0.2, 0.25) is 0 Å². The molecule has 1 atom stereocenters. The van der Waals surface area contributed by atoms with Crippen LogP contribution in [-0.2, 0) is 19.6 Å². The molecule has 1 N–H and O–H groups in total. The van der Waals surface area contributed by atoms with E-state index in [0.717, 1.165) is 4.31 Å². The van der Waals surface area contributed by atoms with Gasteiger partial charge in [0.2, 0.25) is 10.0 Å². The fourth-order valence-corrected chi connectivity index (χ4v) is 7.67. The first-order chi connectivity index (χ1) is 22.9. The van der Waals surface area contributed by atoms with Gasteiger partial charge in [-0.05, 0) is 44.0 Å². The maximum absolute atomic E-state index is 14.0. The summed E-state index contributed by atoms with van der Waals surface area (Å²) >= 11 is 0. The van der Waals surface area contributed by atoms with Gasteiger partial charge in [-0.25, -0.2) is 18.2 Å². The Morgan fingerprint density at radius 1 is 0.792 bits per heavy atom. The Morgan fingerprint density at radius 2 is 1.38 bits per heavy atom. The van der Waals surface area contributed by atoms with E-state index in [4.69, 9.17) is 14.2 Å². The summed E-state index contributed by atoms with van der Waals surface area (Å²) in [5.41, 5.74) is 4.58. The van der Waals surface area contributed by atoms with Gasteiger partial charge in [-0.15, -0.1) is 0 Å². The number of nitrogens with zero attached hydrogens (tertiary/aromatic N) is 4. The highest BCUT2D eigenvalue weighted by atomic mass is 32.2. The van der Waals surface area contributed by atoms with Gasteiger partial charge in [-0.3, -0.25) is 15.1 Å². The summed E-state index contributed by atoms with van der Waals surface area (Å²) in [6.45, 7) is 7.43.